The molecule has 13 heteroatoms. The van der Waals surface area contributed by atoms with Crippen molar-refractivity contribution in [3.8, 4) is 0 Å². The molecule has 40 heavy (non-hydrogen) atoms. The van der Waals surface area contributed by atoms with Gasteiger partial charge >= 0.3 is 0 Å². The van der Waals surface area contributed by atoms with Crippen molar-refractivity contribution in [3.63, 3.8) is 0 Å². The molecule has 2 heterocycles. The molecule has 0 spiro atoms. The Morgan fingerprint density at radius 1 is 1.12 bits per heavy atom. The van der Waals surface area contributed by atoms with Crippen LogP contribution in [0, 0.1) is 17.8 Å². The summed E-state index contributed by atoms with van der Waals surface area (Å²) in [7, 11) is 0. The lowest BCUT2D eigenvalue weighted by Gasteiger charge is -2.46. The fourth-order valence-electron chi connectivity index (χ4n) is 4.83. The van der Waals surface area contributed by atoms with Crippen LogP contribution in [0.15, 0.2) is 12.2 Å². The van der Waals surface area contributed by atoms with E-state index in [0.29, 0.717) is 0 Å². The topological polar surface area (TPSA) is 227 Å². The number of nitrogens with one attached hydrogen (secondary N) is 1. The molecule has 0 aromatic rings. The van der Waals surface area contributed by atoms with E-state index >= 15 is 0 Å². The van der Waals surface area contributed by atoms with Gasteiger partial charge in [-0.25, -0.2) is 0 Å². The third-order valence-electron chi connectivity index (χ3n) is 7.48. The summed E-state index contributed by atoms with van der Waals surface area (Å²) in [6.45, 7) is 10.4. The fraction of sp³-hybridized carbons (Fsp3) is 0.852. The maximum Gasteiger partial charge on any atom is 0.239 e. The van der Waals surface area contributed by atoms with Crippen molar-refractivity contribution in [3.05, 3.63) is 12.2 Å². The van der Waals surface area contributed by atoms with Gasteiger partial charge in [0.05, 0.1) is 48.6 Å². The predicted molar refractivity (Wildman–Crippen MR) is 144 cm³/mol. The molecule has 0 aromatic carbocycles. The standard InChI is InChI=1S/C27H49N3O10/c1-12(2)7-8-16(39-26-23(34)21(28)22(33)15(6)38-26)9-19-20(25(36)30-14(5)24(29)35)18(32)11-27(37,40-19)10-17(31)13(3)4/h7-8,12-23,26,31-34,37H,9-11,28H2,1-6H3,(H2,29,35)(H,30,36)/b8-7+/t14-,15?,16-,17+,18-,19-,20+,21?,22?,23?,26?,27+/m0/s1. The van der Waals surface area contributed by atoms with E-state index in [1.165, 1.54) is 6.92 Å². The second kappa shape index (κ2) is 14.5. The highest BCUT2D eigenvalue weighted by molar-refractivity contribution is 5.87. The van der Waals surface area contributed by atoms with Crippen LogP contribution in [-0.4, -0.2) is 104 Å². The Morgan fingerprint density at radius 3 is 2.30 bits per heavy atom. The summed E-state index contributed by atoms with van der Waals surface area (Å²) in [5.41, 5.74) is 11.3. The largest absolute Gasteiger partial charge is 0.393 e. The Morgan fingerprint density at radius 2 is 1.75 bits per heavy atom. The Bertz CT molecular complexity index is 873. The smallest absolute Gasteiger partial charge is 0.239 e. The molecule has 2 saturated heterocycles. The monoisotopic (exact) mass is 575 g/mol. The molecule has 2 rings (SSSR count). The van der Waals surface area contributed by atoms with Gasteiger partial charge in [0.15, 0.2) is 12.1 Å². The molecule has 13 nitrogen and oxygen atoms in total. The number of rotatable bonds is 12. The zero-order valence-corrected chi connectivity index (χ0v) is 24.2. The third-order valence-corrected chi connectivity index (χ3v) is 7.48. The van der Waals surface area contributed by atoms with Crippen LogP contribution < -0.4 is 16.8 Å². The van der Waals surface area contributed by atoms with Crippen molar-refractivity contribution in [1.29, 1.82) is 0 Å². The number of aliphatic hydroxyl groups excluding tert-OH is 4. The van der Waals surface area contributed by atoms with E-state index in [1.54, 1.807) is 26.8 Å². The number of primary amides is 1. The van der Waals surface area contributed by atoms with Gasteiger partial charge in [-0.15, -0.1) is 0 Å². The first-order valence-corrected chi connectivity index (χ1v) is 13.9. The Labute approximate surface area is 235 Å². The predicted octanol–water partition coefficient (Wildman–Crippen LogP) is -1.38. The van der Waals surface area contributed by atoms with Gasteiger partial charge in [0.1, 0.15) is 12.1 Å². The lowest BCUT2D eigenvalue weighted by atomic mass is 9.81. The quantitative estimate of drug-likeness (QED) is 0.126. The first kappa shape index (κ1) is 34.5. The van der Waals surface area contributed by atoms with Crippen molar-refractivity contribution >= 4 is 11.8 Å². The van der Waals surface area contributed by atoms with Gasteiger partial charge in [-0.1, -0.05) is 39.8 Å². The van der Waals surface area contributed by atoms with Gasteiger partial charge < -0.3 is 56.5 Å². The third kappa shape index (κ3) is 9.16. The highest BCUT2D eigenvalue weighted by Crippen LogP contribution is 2.38. The van der Waals surface area contributed by atoms with Crippen LogP contribution in [-0.2, 0) is 23.8 Å². The van der Waals surface area contributed by atoms with E-state index in [0.717, 1.165) is 0 Å². The number of ether oxygens (including phenoxy) is 3. The van der Waals surface area contributed by atoms with E-state index in [-0.39, 0.29) is 31.1 Å². The van der Waals surface area contributed by atoms with Gasteiger partial charge in [-0.2, -0.15) is 0 Å². The first-order valence-electron chi connectivity index (χ1n) is 13.9. The molecule has 232 valence electrons. The maximum atomic E-state index is 13.2. The number of aliphatic hydroxyl groups is 5. The number of nitrogens with two attached hydrogens (primary N) is 2. The number of hydrogen-bond acceptors (Lipinski definition) is 11. The van der Waals surface area contributed by atoms with Crippen LogP contribution in [0.1, 0.15) is 60.8 Å². The molecular formula is C27H49N3O10. The maximum absolute atomic E-state index is 13.2. The SMILES string of the molecule is CC(C)/C=C/[C@@H](C[C@@H]1O[C@](O)(C[C@@H](O)C(C)C)C[C@H](O)[C@H]1C(=O)N[C@@H](C)C(N)=O)OC1OC(C)C(O)C(N)C1O. The molecular weight excluding hydrogens is 526 g/mol. The lowest BCUT2D eigenvalue weighted by Crippen LogP contribution is -2.62. The van der Waals surface area contributed by atoms with Gasteiger partial charge in [0, 0.05) is 19.3 Å². The molecule has 2 aliphatic heterocycles. The molecule has 0 aromatic heterocycles. The van der Waals surface area contributed by atoms with Crippen molar-refractivity contribution in [1.82, 2.24) is 5.32 Å². The number of hydrogen-bond donors (Lipinski definition) is 8. The van der Waals surface area contributed by atoms with E-state index in [1.807, 2.05) is 19.9 Å². The van der Waals surface area contributed by atoms with Crippen molar-refractivity contribution in [2.75, 3.05) is 0 Å². The minimum atomic E-state index is -1.96. The van der Waals surface area contributed by atoms with Crippen molar-refractivity contribution in [2.24, 2.45) is 29.2 Å². The second-order valence-electron chi connectivity index (χ2n) is 11.9. The summed E-state index contributed by atoms with van der Waals surface area (Å²) in [5, 5.41) is 56.1. The average Bonchev–Trinajstić information content (AvgIpc) is 2.83. The van der Waals surface area contributed by atoms with E-state index in [4.69, 9.17) is 25.7 Å². The van der Waals surface area contributed by atoms with Crippen molar-refractivity contribution < 1.29 is 49.3 Å². The Kier molecular flexibility index (Phi) is 12.5. The Hall–Kier alpha value is -1.68. The number of allylic oxidation sites excluding steroid dienone is 1. The van der Waals surface area contributed by atoms with Gasteiger partial charge in [-0.3, -0.25) is 9.59 Å². The van der Waals surface area contributed by atoms with Crippen molar-refractivity contribution in [2.45, 2.75) is 128 Å². The van der Waals surface area contributed by atoms with Crippen LogP contribution in [0.3, 0.4) is 0 Å². The van der Waals surface area contributed by atoms with E-state index in [9.17, 15) is 35.1 Å². The molecule has 0 aliphatic carbocycles. The normalized spacial score (nSPS) is 37.5. The summed E-state index contributed by atoms with van der Waals surface area (Å²) in [5.74, 6) is -4.81. The number of carbonyl (C=O) groups excluding carboxylic acids is 2. The average molecular weight is 576 g/mol. The molecule has 0 bridgehead atoms. The highest BCUT2D eigenvalue weighted by atomic mass is 16.7. The fourth-order valence-corrected chi connectivity index (χ4v) is 4.83. The minimum Gasteiger partial charge on any atom is -0.393 e. The molecule has 12 atom stereocenters. The number of carbonyl (C=O) groups is 2. The lowest BCUT2D eigenvalue weighted by molar-refractivity contribution is -0.307. The molecule has 0 saturated carbocycles. The summed E-state index contributed by atoms with van der Waals surface area (Å²) in [4.78, 5) is 24.8. The van der Waals surface area contributed by atoms with Crippen LogP contribution in [0.4, 0.5) is 0 Å². The summed E-state index contributed by atoms with van der Waals surface area (Å²) in [6, 6.07) is -2.07. The van der Waals surface area contributed by atoms with Crippen LogP contribution >= 0.6 is 0 Å². The first-order chi connectivity index (χ1) is 18.5. The molecule has 5 unspecified atom stereocenters. The van der Waals surface area contributed by atoms with Gasteiger partial charge in [0.2, 0.25) is 11.8 Å². The highest BCUT2D eigenvalue weighted by Gasteiger charge is 2.51. The second-order valence-corrected chi connectivity index (χ2v) is 11.9. The van der Waals surface area contributed by atoms with E-state index < -0.39 is 84.6 Å². The zero-order chi connectivity index (χ0) is 30.5. The summed E-state index contributed by atoms with van der Waals surface area (Å²) < 4.78 is 17.8. The Balaban J connectivity index is 2.40. The molecule has 2 fully saturated rings. The minimum absolute atomic E-state index is 0.0951. The van der Waals surface area contributed by atoms with Crippen LogP contribution in [0.5, 0.6) is 0 Å². The van der Waals surface area contributed by atoms with Crippen LogP contribution in [0.2, 0.25) is 0 Å². The number of amides is 2. The summed E-state index contributed by atoms with van der Waals surface area (Å²) >= 11 is 0. The zero-order valence-electron chi connectivity index (χ0n) is 24.2. The molecule has 0 radical (unpaired) electrons. The van der Waals surface area contributed by atoms with Gasteiger partial charge in [0.25, 0.3) is 0 Å². The molecule has 2 aliphatic rings. The van der Waals surface area contributed by atoms with E-state index in [2.05, 4.69) is 5.32 Å². The van der Waals surface area contributed by atoms with Gasteiger partial charge in [-0.05, 0) is 25.7 Å². The molecule has 10 N–H and O–H groups in total. The van der Waals surface area contributed by atoms with Crippen LogP contribution in [0.25, 0.3) is 0 Å². The molecule has 2 amide bonds. The summed E-state index contributed by atoms with van der Waals surface area (Å²) in [6.07, 6.45) is -5.98.